The number of aryl methyl sites for hydroxylation is 3. The maximum Gasteiger partial charge on any atom is 0.146 e. The summed E-state index contributed by atoms with van der Waals surface area (Å²) in [7, 11) is 0. The van der Waals surface area contributed by atoms with Gasteiger partial charge in [0.1, 0.15) is 11.6 Å². The number of benzene rings is 4. The van der Waals surface area contributed by atoms with Crippen LogP contribution in [0.3, 0.4) is 0 Å². The van der Waals surface area contributed by atoms with E-state index in [0.717, 1.165) is 24.6 Å². The van der Waals surface area contributed by atoms with Gasteiger partial charge in [0.2, 0.25) is 0 Å². The van der Waals surface area contributed by atoms with Crippen molar-refractivity contribution in [3.05, 3.63) is 117 Å². The second-order valence-corrected chi connectivity index (χ2v) is 9.75. The van der Waals surface area contributed by atoms with Crippen molar-refractivity contribution in [3.63, 3.8) is 0 Å². The van der Waals surface area contributed by atoms with Crippen molar-refractivity contribution in [2.24, 2.45) is 0 Å². The van der Waals surface area contributed by atoms with Gasteiger partial charge in [0.15, 0.2) is 0 Å². The van der Waals surface area contributed by atoms with Crippen molar-refractivity contribution in [2.45, 2.75) is 58.3 Å². The van der Waals surface area contributed by atoms with Gasteiger partial charge in [-0.05, 0) is 72.0 Å². The topological polar surface area (TPSA) is 0 Å². The molecule has 0 saturated carbocycles. The third kappa shape index (κ3) is 6.96. The first-order valence-electron chi connectivity index (χ1n) is 12.8. The van der Waals surface area contributed by atoms with Crippen LogP contribution in [0.25, 0.3) is 10.8 Å². The monoisotopic (exact) mass is 500 g/mol. The van der Waals surface area contributed by atoms with Crippen molar-refractivity contribution < 1.29 is 8.78 Å². The van der Waals surface area contributed by atoms with E-state index in [0.29, 0.717) is 10.9 Å². The molecule has 0 atom stereocenters. The fourth-order valence-electron chi connectivity index (χ4n) is 4.40. The number of hydrogen-bond acceptors (Lipinski definition) is 0. The van der Waals surface area contributed by atoms with E-state index >= 15 is 4.39 Å². The van der Waals surface area contributed by atoms with Crippen LogP contribution < -0.4 is 0 Å². The largest absolute Gasteiger partial charge is 0.205 e. The van der Waals surface area contributed by atoms with E-state index in [9.17, 15) is 4.39 Å². The Hall–Kier alpha value is -3.15. The number of halogens is 3. The number of unbranched alkanes of at least 4 members (excludes halogenated alkanes) is 4. The third-order valence-electron chi connectivity index (χ3n) is 6.57. The summed E-state index contributed by atoms with van der Waals surface area (Å²) in [6.45, 7) is 2.25. The molecule has 0 heterocycles. The van der Waals surface area contributed by atoms with Crippen LogP contribution >= 0.6 is 11.6 Å². The molecule has 4 aromatic rings. The molecule has 0 fully saturated rings. The van der Waals surface area contributed by atoms with E-state index in [1.54, 1.807) is 12.1 Å². The maximum absolute atomic E-state index is 15.1. The van der Waals surface area contributed by atoms with Gasteiger partial charge < -0.3 is 0 Å². The molecule has 184 valence electrons. The second kappa shape index (κ2) is 12.7. The van der Waals surface area contributed by atoms with Gasteiger partial charge >= 0.3 is 0 Å². The first kappa shape index (κ1) is 25.9. The molecule has 0 N–H and O–H groups in total. The molecule has 0 nitrogen and oxygen atoms in total. The van der Waals surface area contributed by atoms with Gasteiger partial charge in [0.25, 0.3) is 0 Å². The van der Waals surface area contributed by atoms with Crippen LogP contribution in [0, 0.1) is 23.5 Å². The molecule has 0 amide bonds. The Bertz CT molecular complexity index is 1380. The highest BCUT2D eigenvalue weighted by atomic mass is 35.5. The molecule has 0 saturated heterocycles. The average Bonchev–Trinajstić information content (AvgIpc) is 2.89. The molecular weight excluding hydrogens is 470 g/mol. The molecule has 0 aliphatic heterocycles. The molecule has 0 spiro atoms. The van der Waals surface area contributed by atoms with Crippen LogP contribution in [-0.4, -0.2) is 0 Å². The lowest BCUT2D eigenvalue weighted by molar-refractivity contribution is 0.628. The third-order valence-corrected chi connectivity index (χ3v) is 6.88. The van der Waals surface area contributed by atoms with Gasteiger partial charge in [0, 0.05) is 10.9 Å². The molecule has 3 heteroatoms. The summed E-state index contributed by atoms with van der Waals surface area (Å²) in [4.78, 5) is 0. The molecule has 4 rings (SSSR count). The summed E-state index contributed by atoms with van der Waals surface area (Å²) in [5, 5.41) is 1.43. The molecular formula is C33H31ClF2. The fourth-order valence-corrected chi connectivity index (χ4v) is 4.52. The highest BCUT2D eigenvalue weighted by molar-refractivity contribution is 6.30. The Morgan fingerprint density at radius 2 is 1.36 bits per heavy atom. The normalized spacial score (nSPS) is 10.9. The predicted octanol–water partition coefficient (Wildman–Crippen LogP) is 9.47. The highest BCUT2D eigenvalue weighted by Crippen LogP contribution is 2.23. The summed E-state index contributed by atoms with van der Waals surface area (Å²) in [5.74, 6) is 4.75. The molecule has 0 unspecified atom stereocenters. The van der Waals surface area contributed by atoms with E-state index in [2.05, 4.69) is 49.1 Å². The van der Waals surface area contributed by atoms with Gasteiger partial charge in [-0.15, -0.1) is 0 Å². The molecule has 0 aliphatic rings. The van der Waals surface area contributed by atoms with Crippen molar-refractivity contribution in [2.75, 3.05) is 0 Å². The molecule has 0 radical (unpaired) electrons. The second-order valence-electron chi connectivity index (χ2n) is 9.34. The lowest BCUT2D eigenvalue weighted by Gasteiger charge is -2.07. The lowest BCUT2D eigenvalue weighted by Crippen LogP contribution is -1.94. The van der Waals surface area contributed by atoms with Crippen molar-refractivity contribution in [1.82, 2.24) is 0 Å². The standard InChI is InChI=1S/C33H31ClF2/c1-2-3-4-5-6-7-24-8-10-25(11-9-24)12-13-26-15-20-30-29(22-26)19-18-28(33(30)36)17-14-27-16-21-31(34)32(35)23-27/h8-11,15-16,18-23H,2-7,12-13H2,1H3. The van der Waals surface area contributed by atoms with Crippen LogP contribution in [0.2, 0.25) is 5.02 Å². The Balaban J connectivity index is 1.38. The first-order valence-corrected chi connectivity index (χ1v) is 13.2. The quantitative estimate of drug-likeness (QED) is 0.158. The summed E-state index contributed by atoms with van der Waals surface area (Å²) < 4.78 is 28.7. The number of rotatable bonds is 9. The van der Waals surface area contributed by atoms with E-state index in [1.165, 1.54) is 60.9 Å². The Morgan fingerprint density at radius 1 is 0.667 bits per heavy atom. The average molecular weight is 501 g/mol. The van der Waals surface area contributed by atoms with Crippen molar-refractivity contribution in [3.8, 4) is 11.8 Å². The van der Waals surface area contributed by atoms with Crippen LogP contribution in [-0.2, 0) is 19.3 Å². The van der Waals surface area contributed by atoms with Crippen LogP contribution in [0.4, 0.5) is 8.78 Å². The van der Waals surface area contributed by atoms with E-state index < -0.39 is 5.82 Å². The van der Waals surface area contributed by atoms with Gasteiger partial charge in [-0.25, -0.2) is 8.78 Å². The first-order chi connectivity index (χ1) is 17.5. The van der Waals surface area contributed by atoms with Crippen LogP contribution in [0.15, 0.2) is 72.8 Å². The van der Waals surface area contributed by atoms with Crippen molar-refractivity contribution in [1.29, 1.82) is 0 Å². The summed E-state index contributed by atoms with van der Waals surface area (Å²) >= 11 is 5.71. The predicted molar refractivity (Wildman–Crippen MR) is 148 cm³/mol. The zero-order valence-corrected chi connectivity index (χ0v) is 21.5. The summed E-state index contributed by atoms with van der Waals surface area (Å²) in [5.41, 5.74) is 4.65. The Kier molecular flexibility index (Phi) is 9.15. The lowest BCUT2D eigenvalue weighted by atomic mass is 9.98. The minimum absolute atomic E-state index is 0.0402. The van der Waals surface area contributed by atoms with Crippen LogP contribution in [0.5, 0.6) is 0 Å². The summed E-state index contributed by atoms with van der Waals surface area (Å²) in [6.07, 6.45) is 9.54. The van der Waals surface area contributed by atoms with Crippen molar-refractivity contribution >= 4 is 22.4 Å². The van der Waals surface area contributed by atoms with E-state index in [1.807, 2.05) is 18.2 Å². The smallest absolute Gasteiger partial charge is 0.146 e. The van der Waals surface area contributed by atoms with Gasteiger partial charge in [-0.2, -0.15) is 0 Å². The molecule has 4 aromatic carbocycles. The number of fused-ring (bicyclic) bond motifs is 1. The Labute approximate surface area is 218 Å². The maximum atomic E-state index is 15.1. The van der Waals surface area contributed by atoms with Gasteiger partial charge in [0.05, 0.1) is 10.6 Å². The molecule has 0 aromatic heterocycles. The van der Waals surface area contributed by atoms with E-state index in [-0.39, 0.29) is 16.4 Å². The minimum atomic E-state index is -0.538. The highest BCUT2D eigenvalue weighted by Gasteiger charge is 2.07. The minimum Gasteiger partial charge on any atom is -0.205 e. The fraction of sp³-hybridized carbons (Fsp3) is 0.273. The van der Waals surface area contributed by atoms with Gasteiger partial charge in [-0.1, -0.05) is 105 Å². The van der Waals surface area contributed by atoms with Crippen LogP contribution in [0.1, 0.15) is 66.8 Å². The molecule has 36 heavy (non-hydrogen) atoms. The SMILES string of the molecule is CCCCCCCc1ccc(CCc2ccc3c(F)c(C#Cc4ccc(Cl)c(F)c4)ccc3c2)cc1. The molecule has 0 aliphatic carbocycles. The Morgan fingerprint density at radius 3 is 2.11 bits per heavy atom. The van der Waals surface area contributed by atoms with Gasteiger partial charge in [-0.3, -0.25) is 0 Å². The van der Waals surface area contributed by atoms with E-state index in [4.69, 9.17) is 11.6 Å². The zero-order chi connectivity index (χ0) is 25.3. The summed E-state index contributed by atoms with van der Waals surface area (Å²) in [6, 6.07) is 22.7. The molecule has 0 bridgehead atoms. The number of hydrogen-bond donors (Lipinski definition) is 0. The zero-order valence-electron chi connectivity index (χ0n) is 20.7.